The number of hydrogen-bond donors (Lipinski definition) is 2. The number of anilines is 2. The third-order valence-corrected chi connectivity index (χ3v) is 9.91. The standard InChI is InChI=1S/C28H31ClN6O5S/c1-41(38,39)22-16-35(25-21(6-3-12-30-25)31-26(37)19-4-2-5-20(29)14-19)13-9-18(22)15-23(36)33-28(10-11-28)27-32-24(34-40-27)17-7-8-17/h2-6,12,14,17-18,22H,7-11,13,15-16H2,1H3,(H,31,37)(H,33,36). The number of nitrogens with one attached hydrogen (secondary N) is 2. The van der Waals surface area contributed by atoms with Gasteiger partial charge in [0.15, 0.2) is 21.5 Å². The largest absolute Gasteiger partial charge is 0.354 e. The third kappa shape index (κ3) is 6.08. The summed E-state index contributed by atoms with van der Waals surface area (Å²) in [5, 5.41) is 9.66. The van der Waals surface area contributed by atoms with Crippen LogP contribution in [0.2, 0.25) is 5.02 Å². The van der Waals surface area contributed by atoms with Crippen molar-refractivity contribution in [2.24, 2.45) is 5.92 Å². The van der Waals surface area contributed by atoms with Crippen LogP contribution in [0, 0.1) is 5.92 Å². The quantitative estimate of drug-likeness (QED) is 0.376. The molecule has 0 radical (unpaired) electrons. The first kappa shape index (κ1) is 27.6. The fraction of sp³-hybridized carbons (Fsp3) is 0.464. The van der Waals surface area contributed by atoms with E-state index in [0.29, 0.717) is 65.5 Å². The number of sulfone groups is 1. The highest BCUT2D eigenvalue weighted by molar-refractivity contribution is 7.91. The SMILES string of the molecule is CS(=O)(=O)C1CN(c2ncccc2NC(=O)c2cccc(Cl)c2)CCC1CC(=O)NC1(c2nc(C3CC3)no2)CC1. The van der Waals surface area contributed by atoms with Crippen LogP contribution < -0.4 is 15.5 Å². The monoisotopic (exact) mass is 598 g/mol. The van der Waals surface area contributed by atoms with E-state index >= 15 is 0 Å². The molecule has 3 aliphatic rings. The van der Waals surface area contributed by atoms with Crippen LogP contribution in [0.15, 0.2) is 47.1 Å². The number of pyridine rings is 1. The van der Waals surface area contributed by atoms with Crippen LogP contribution in [0.5, 0.6) is 0 Å². The van der Waals surface area contributed by atoms with Crippen molar-refractivity contribution in [1.82, 2.24) is 20.4 Å². The van der Waals surface area contributed by atoms with Gasteiger partial charge in [-0.3, -0.25) is 9.59 Å². The van der Waals surface area contributed by atoms with Crippen molar-refractivity contribution in [1.29, 1.82) is 0 Å². The van der Waals surface area contributed by atoms with Crippen LogP contribution in [0.1, 0.15) is 66.5 Å². The van der Waals surface area contributed by atoms with E-state index in [1.165, 1.54) is 6.26 Å². The Kier molecular flexibility index (Phi) is 7.23. The zero-order chi connectivity index (χ0) is 28.8. The van der Waals surface area contributed by atoms with Gasteiger partial charge in [-0.05, 0) is 68.4 Å². The van der Waals surface area contributed by atoms with Crippen molar-refractivity contribution in [2.45, 2.75) is 55.2 Å². The molecule has 2 atom stereocenters. The van der Waals surface area contributed by atoms with Crippen molar-refractivity contribution in [3.05, 3.63) is 64.9 Å². The summed E-state index contributed by atoms with van der Waals surface area (Å²) in [4.78, 5) is 36.9. The molecule has 1 aromatic carbocycles. The van der Waals surface area contributed by atoms with Crippen molar-refractivity contribution >= 4 is 44.8 Å². The first-order chi connectivity index (χ1) is 19.6. The summed E-state index contributed by atoms with van der Waals surface area (Å²) in [6.07, 6.45) is 6.86. The Bertz CT molecular complexity index is 1590. The molecule has 1 saturated heterocycles. The van der Waals surface area contributed by atoms with E-state index < -0.39 is 20.6 Å². The number of nitrogens with zero attached hydrogens (tertiary/aromatic N) is 4. The van der Waals surface area contributed by atoms with Gasteiger partial charge in [-0.25, -0.2) is 13.4 Å². The predicted molar refractivity (Wildman–Crippen MR) is 153 cm³/mol. The van der Waals surface area contributed by atoms with Gasteiger partial charge in [0.1, 0.15) is 5.54 Å². The van der Waals surface area contributed by atoms with E-state index in [1.807, 2.05) is 4.90 Å². The van der Waals surface area contributed by atoms with Crippen LogP contribution in [0.3, 0.4) is 0 Å². The predicted octanol–water partition coefficient (Wildman–Crippen LogP) is 3.68. The molecule has 2 unspecified atom stereocenters. The molecule has 2 N–H and O–H groups in total. The number of carbonyl (C=O) groups excluding carboxylic acids is 2. The topological polar surface area (TPSA) is 147 Å². The smallest absolute Gasteiger partial charge is 0.255 e. The van der Waals surface area contributed by atoms with Gasteiger partial charge in [0.2, 0.25) is 5.91 Å². The van der Waals surface area contributed by atoms with E-state index in [0.717, 1.165) is 12.8 Å². The number of carbonyl (C=O) groups is 2. The molecule has 3 aromatic rings. The molecule has 216 valence electrons. The van der Waals surface area contributed by atoms with Gasteiger partial charge in [-0.15, -0.1) is 0 Å². The number of halogens is 1. The van der Waals surface area contributed by atoms with Gasteiger partial charge < -0.3 is 20.1 Å². The number of rotatable bonds is 9. The first-order valence-corrected chi connectivity index (χ1v) is 16.1. The highest BCUT2D eigenvalue weighted by Gasteiger charge is 2.52. The zero-order valence-electron chi connectivity index (χ0n) is 22.5. The van der Waals surface area contributed by atoms with Crippen LogP contribution in [-0.2, 0) is 20.2 Å². The summed E-state index contributed by atoms with van der Waals surface area (Å²) in [7, 11) is -3.52. The molecule has 3 fully saturated rings. The molecule has 41 heavy (non-hydrogen) atoms. The minimum Gasteiger partial charge on any atom is -0.354 e. The molecule has 13 heteroatoms. The van der Waals surface area contributed by atoms with Crippen molar-refractivity contribution in [2.75, 3.05) is 29.6 Å². The lowest BCUT2D eigenvalue weighted by Gasteiger charge is -2.38. The molecule has 6 rings (SSSR count). The molecule has 0 spiro atoms. The summed E-state index contributed by atoms with van der Waals surface area (Å²) < 4.78 is 31.3. The molecule has 2 saturated carbocycles. The lowest BCUT2D eigenvalue weighted by Crippen LogP contribution is -2.49. The number of aromatic nitrogens is 3. The summed E-state index contributed by atoms with van der Waals surface area (Å²) in [6.45, 7) is 0.619. The Hall–Kier alpha value is -3.51. The fourth-order valence-corrected chi connectivity index (χ4v) is 7.03. The molecule has 11 nitrogen and oxygen atoms in total. The molecule has 2 aliphatic carbocycles. The Balaban J connectivity index is 1.14. The van der Waals surface area contributed by atoms with Gasteiger partial charge in [0.25, 0.3) is 11.8 Å². The number of piperidine rings is 1. The maximum absolute atomic E-state index is 13.2. The van der Waals surface area contributed by atoms with E-state index in [2.05, 4.69) is 25.8 Å². The van der Waals surface area contributed by atoms with Crippen LogP contribution in [0.4, 0.5) is 11.5 Å². The van der Waals surface area contributed by atoms with Gasteiger partial charge >= 0.3 is 0 Å². The van der Waals surface area contributed by atoms with Crippen molar-refractivity contribution < 1.29 is 22.5 Å². The van der Waals surface area contributed by atoms with Crippen LogP contribution in [0.25, 0.3) is 0 Å². The van der Waals surface area contributed by atoms with Crippen molar-refractivity contribution in [3.63, 3.8) is 0 Å². The van der Waals surface area contributed by atoms with Crippen LogP contribution >= 0.6 is 11.6 Å². The van der Waals surface area contributed by atoms with Crippen molar-refractivity contribution in [3.8, 4) is 0 Å². The van der Waals surface area contributed by atoms with E-state index in [1.54, 1.807) is 42.6 Å². The molecule has 3 heterocycles. The summed E-state index contributed by atoms with van der Waals surface area (Å²) in [5.41, 5.74) is 0.202. The van der Waals surface area contributed by atoms with Gasteiger partial charge in [-0.2, -0.15) is 4.98 Å². The van der Waals surface area contributed by atoms with Gasteiger partial charge in [-0.1, -0.05) is 22.8 Å². The second kappa shape index (κ2) is 10.7. The number of hydrogen-bond acceptors (Lipinski definition) is 9. The van der Waals surface area contributed by atoms with Gasteiger partial charge in [0, 0.05) is 48.5 Å². The molecule has 2 aromatic heterocycles. The Morgan fingerprint density at radius 1 is 1.17 bits per heavy atom. The fourth-order valence-electron chi connectivity index (χ4n) is 5.46. The Morgan fingerprint density at radius 3 is 2.68 bits per heavy atom. The second-order valence-corrected chi connectivity index (χ2v) is 14.0. The Labute approximate surface area is 243 Å². The second-order valence-electron chi connectivity index (χ2n) is 11.3. The highest BCUT2D eigenvalue weighted by Crippen LogP contribution is 2.46. The average Bonchev–Trinajstić information content (AvgIpc) is 3.88. The average molecular weight is 599 g/mol. The van der Waals surface area contributed by atoms with Crippen LogP contribution in [-0.4, -0.2) is 60.0 Å². The van der Waals surface area contributed by atoms with E-state index in [4.69, 9.17) is 16.1 Å². The van der Waals surface area contributed by atoms with Gasteiger partial charge in [0.05, 0.1) is 10.9 Å². The zero-order valence-corrected chi connectivity index (χ0v) is 24.1. The summed E-state index contributed by atoms with van der Waals surface area (Å²) in [5.74, 6) is 0.992. The minimum atomic E-state index is -3.52. The lowest BCUT2D eigenvalue weighted by molar-refractivity contribution is -0.123. The molecular formula is C28H31ClN6O5S. The molecule has 2 amide bonds. The summed E-state index contributed by atoms with van der Waals surface area (Å²) in [6, 6.07) is 10.0. The highest BCUT2D eigenvalue weighted by atomic mass is 35.5. The van der Waals surface area contributed by atoms with E-state index in [-0.39, 0.29) is 30.7 Å². The molecular weight excluding hydrogens is 568 g/mol. The maximum atomic E-state index is 13.2. The summed E-state index contributed by atoms with van der Waals surface area (Å²) >= 11 is 6.04. The maximum Gasteiger partial charge on any atom is 0.255 e. The molecule has 0 bridgehead atoms. The third-order valence-electron chi connectivity index (χ3n) is 8.04. The lowest BCUT2D eigenvalue weighted by atomic mass is 9.92. The normalized spacial score (nSPS) is 21.8. The first-order valence-electron chi connectivity index (χ1n) is 13.7. The Morgan fingerprint density at radius 2 is 1.98 bits per heavy atom. The number of benzene rings is 1. The van der Waals surface area contributed by atoms with E-state index in [9.17, 15) is 18.0 Å². The molecule has 1 aliphatic heterocycles. The minimum absolute atomic E-state index is 0.0670. The number of amides is 2.